The molecule has 2 aromatic heterocycles. The van der Waals surface area contributed by atoms with E-state index in [9.17, 15) is 0 Å². The fourth-order valence-electron chi connectivity index (χ4n) is 1.79. The van der Waals surface area contributed by atoms with E-state index in [2.05, 4.69) is 26.3 Å². The summed E-state index contributed by atoms with van der Waals surface area (Å²) >= 11 is 6.80. The predicted octanol–water partition coefficient (Wildman–Crippen LogP) is 3.14. The third kappa shape index (κ3) is 5.91. The van der Waals surface area contributed by atoms with Crippen molar-refractivity contribution >= 4 is 29.8 Å². The van der Waals surface area contributed by atoms with Gasteiger partial charge < -0.3 is 19.6 Å². The maximum atomic E-state index is 5.76. The molecule has 0 spiro atoms. The Morgan fingerprint density at radius 3 is 2.90 bits per heavy atom. The molecule has 0 saturated carbocycles. The molecule has 21 heavy (non-hydrogen) atoms. The van der Waals surface area contributed by atoms with Crippen LogP contribution in [0.3, 0.4) is 0 Å². The Balaban J connectivity index is 1.65. The molecule has 0 unspecified atom stereocenters. The molecule has 0 aromatic carbocycles. The second kappa shape index (κ2) is 8.21. The molecular formula is C14H20N4OS2. The molecular weight excluding hydrogens is 304 g/mol. The van der Waals surface area contributed by atoms with Gasteiger partial charge in [0.25, 0.3) is 0 Å². The Kier molecular flexibility index (Phi) is 6.28. The first-order valence-electron chi connectivity index (χ1n) is 6.73. The van der Waals surface area contributed by atoms with Gasteiger partial charge in [-0.05, 0) is 44.5 Å². The standard InChI is InChI=1S/C14H20N4OS2/c1-18(2)9-11-3-4-12(19-11)10-21-8-7-15-13-5-6-16-14(20)17-13/h3-6H,7-10H2,1-2H3,(H2,15,16,17,20). The summed E-state index contributed by atoms with van der Waals surface area (Å²) in [4.78, 5) is 9.12. The fourth-order valence-corrected chi connectivity index (χ4v) is 2.70. The second-order valence-corrected chi connectivity index (χ2v) is 6.36. The number of rotatable bonds is 8. The van der Waals surface area contributed by atoms with Gasteiger partial charge in [0.2, 0.25) is 0 Å². The van der Waals surface area contributed by atoms with Crippen LogP contribution >= 0.6 is 24.0 Å². The minimum atomic E-state index is 0.497. The fraction of sp³-hybridized carbons (Fsp3) is 0.429. The van der Waals surface area contributed by atoms with Crippen LogP contribution in [0.25, 0.3) is 0 Å². The third-order valence-corrected chi connectivity index (χ3v) is 3.85. The first kappa shape index (κ1) is 16.1. The van der Waals surface area contributed by atoms with Crippen LogP contribution in [-0.2, 0) is 12.3 Å². The van der Waals surface area contributed by atoms with Crippen LogP contribution in [0.5, 0.6) is 0 Å². The molecule has 2 heterocycles. The Bertz CT molecular complexity index is 609. The zero-order valence-electron chi connectivity index (χ0n) is 12.3. The molecule has 0 saturated heterocycles. The predicted molar refractivity (Wildman–Crippen MR) is 90.2 cm³/mol. The van der Waals surface area contributed by atoms with Gasteiger partial charge >= 0.3 is 0 Å². The summed E-state index contributed by atoms with van der Waals surface area (Å²) in [5.41, 5.74) is 0. The quantitative estimate of drug-likeness (QED) is 0.575. The van der Waals surface area contributed by atoms with Gasteiger partial charge in [0, 0.05) is 18.5 Å². The minimum Gasteiger partial charge on any atom is -0.464 e. The molecule has 0 amide bonds. The van der Waals surface area contributed by atoms with Gasteiger partial charge in [-0.25, -0.2) is 4.98 Å². The lowest BCUT2D eigenvalue weighted by Gasteiger charge is -2.06. The Labute approximate surface area is 134 Å². The molecule has 2 aromatic rings. The van der Waals surface area contributed by atoms with Crippen LogP contribution in [-0.4, -0.2) is 41.3 Å². The summed E-state index contributed by atoms with van der Waals surface area (Å²) in [5.74, 6) is 4.72. The molecule has 0 atom stereocenters. The second-order valence-electron chi connectivity index (χ2n) is 4.87. The number of nitrogens with one attached hydrogen (secondary N) is 2. The van der Waals surface area contributed by atoms with Crippen molar-refractivity contribution in [3.63, 3.8) is 0 Å². The average Bonchev–Trinajstić information content (AvgIpc) is 2.85. The average molecular weight is 324 g/mol. The maximum absolute atomic E-state index is 5.76. The van der Waals surface area contributed by atoms with Crippen LogP contribution in [0.1, 0.15) is 11.5 Å². The lowest BCUT2D eigenvalue weighted by molar-refractivity contribution is 0.344. The van der Waals surface area contributed by atoms with Gasteiger partial charge in [-0.3, -0.25) is 0 Å². The van der Waals surface area contributed by atoms with E-state index in [1.165, 1.54) is 0 Å². The Morgan fingerprint density at radius 1 is 1.33 bits per heavy atom. The van der Waals surface area contributed by atoms with Crippen molar-refractivity contribution < 1.29 is 4.42 Å². The molecule has 0 fully saturated rings. The highest BCUT2D eigenvalue weighted by Crippen LogP contribution is 2.16. The number of hydrogen-bond acceptors (Lipinski definition) is 6. The van der Waals surface area contributed by atoms with Crippen molar-refractivity contribution in [2.24, 2.45) is 0 Å². The molecule has 5 nitrogen and oxygen atoms in total. The maximum Gasteiger partial charge on any atom is 0.198 e. The normalized spacial score (nSPS) is 11.0. The summed E-state index contributed by atoms with van der Waals surface area (Å²) in [5, 5.41) is 3.25. The Hall–Kier alpha value is -1.31. The number of H-pyrrole nitrogens is 1. The van der Waals surface area contributed by atoms with Crippen molar-refractivity contribution in [3.05, 3.63) is 40.7 Å². The van der Waals surface area contributed by atoms with Crippen molar-refractivity contribution in [1.29, 1.82) is 0 Å². The molecule has 0 aliphatic carbocycles. The van der Waals surface area contributed by atoms with Crippen LogP contribution in [0.15, 0.2) is 28.8 Å². The molecule has 0 radical (unpaired) electrons. The van der Waals surface area contributed by atoms with Gasteiger partial charge in [0.15, 0.2) is 4.77 Å². The molecule has 0 aliphatic rings. The van der Waals surface area contributed by atoms with E-state index in [-0.39, 0.29) is 0 Å². The van der Waals surface area contributed by atoms with Crippen molar-refractivity contribution in [2.75, 3.05) is 31.7 Å². The van der Waals surface area contributed by atoms with E-state index in [1.807, 2.05) is 38.0 Å². The van der Waals surface area contributed by atoms with E-state index in [1.54, 1.807) is 6.20 Å². The molecule has 0 bridgehead atoms. The summed E-state index contributed by atoms with van der Waals surface area (Å²) < 4.78 is 6.26. The van der Waals surface area contributed by atoms with Crippen molar-refractivity contribution in [1.82, 2.24) is 14.9 Å². The molecule has 2 N–H and O–H groups in total. The van der Waals surface area contributed by atoms with Crippen molar-refractivity contribution in [3.8, 4) is 0 Å². The van der Waals surface area contributed by atoms with Gasteiger partial charge in [0.05, 0.1) is 12.3 Å². The van der Waals surface area contributed by atoms with Crippen LogP contribution in [0.4, 0.5) is 5.82 Å². The molecule has 7 heteroatoms. The molecule has 114 valence electrons. The number of thioether (sulfide) groups is 1. The smallest absolute Gasteiger partial charge is 0.198 e. The number of furan rings is 1. The topological polar surface area (TPSA) is 57.1 Å². The number of aromatic amines is 1. The lowest BCUT2D eigenvalue weighted by atomic mass is 10.4. The van der Waals surface area contributed by atoms with Gasteiger partial charge in [-0.1, -0.05) is 0 Å². The third-order valence-electron chi connectivity index (χ3n) is 2.66. The summed E-state index contributed by atoms with van der Waals surface area (Å²) in [7, 11) is 4.07. The van der Waals surface area contributed by atoms with E-state index >= 15 is 0 Å². The SMILES string of the molecule is CN(C)Cc1ccc(CSCCNc2cc[nH]c(=S)n2)o1. The summed E-state index contributed by atoms with van der Waals surface area (Å²) in [6, 6.07) is 5.97. The van der Waals surface area contributed by atoms with E-state index in [0.717, 1.165) is 41.9 Å². The van der Waals surface area contributed by atoms with E-state index in [0.29, 0.717) is 4.77 Å². The van der Waals surface area contributed by atoms with E-state index < -0.39 is 0 Å². The van der Waals surface area contributed by atoms with Gasteiger partial charge in [-0.2, -0.15) is 11.8 Å². The zero-order valence-corrected chi connectivity index (χ0v) is 13.9. The summed E-state index contributed by atoms with van der Waals surface area (Å²) in [6.07, 6.45) is 1.79. The van der Waals surface area contributed by atoms with Crippen LogP contribution in [0.2, 0.25) is 0 Å². The van der Waals surface area contributed by atoms with Crippen LogP contribution in [0, 0.1) is 4.77 Å². The minimum absolute atomic E-state index is 0.497. The van der Waals surface area contributed by atoms with Gasteiger partial charge in [-0.15, -0.1) is 0 Å². The number of aromatic nitrogens is 2. The number of anilines is 1. The highest BCUT2D eigenvalue weighted by molar-refractivity contribution is 7.98. The number of hydrogen-bond donors (Lipinski definition) is 2. The number of nitrogens with zero attached hydrogens (tertiary/aromatic N) is 2. The lowest BCUT2D eigenvalue weighted by Crippen LogP contribution is -2.09. The van der Waals surface area contributed by atoms with Crippen LogP contribution < -0.4 is 5.32 Å². The first-order chi connectivity index (χ1) is 10.1. The summed E-state index contributed by atoms with van der Waals surface area (Å²) in [6.45, 7) is 1.69. The highest BCUT2D eigenvalue weighted by atomic mass is 32.2. The largest absolute Gasteiger partial charge is 0.464 e. The monoisotopic (exact) mass is 324 g/mol. The van der Waals surface area contributed by atoms with Gasteiger partial charge in [0.1, 0.15) is 17.3 Å². The molecule has 2 rings (SSSR count). The van der Waals surface area contributed by atoms with Crippen molar-refractivity contribution in [2.45, 2.75) is 12.3 Å². The molecule has 0 aliphatic heterocycles. The van der Waals surface area contributed by atoms with E-state index in [4.69, 9.17) is 16.6 Å². The Morgan fingerprint density at radius 2 is 2.14 bits per heavy atom. The highest BCUT2D eigenvalue weighted by Gasteiger charge is 2.03. The zero-order chi connectivity index (χ0) is 15.1. The first-order valence-corrected chi connectivity index (χ1v) is 8.29.